The molecule has 1 atom stereocenters. The summed E-state index contributed by atoms with van der Waals surface area (Å²) in [6.07, 6.45) is 3.83. The van der Waals surface area contributed by atoms with Crippen LogP contribution in [0.3, 0.4) is 0 Å². The predicted molar refractivity (Wildman–Crippen MR) is 63.3 cm³/mol. The van der Waals surface area contributed by atoms with Crippen molar-refractivity contribution in [1.82, 2.24) is 14.7 Å². The first-order valence-electron chi connectivity index (χ1n) is 5.70. The van der Waals surface area contributed by atoms with E-state index in [0.29, 0.717) is 6.61 Å². The van der Waals surface area contributed by atoms with Gasteiger partial charge in [0.2, 0.25) is 0 Å². The molecule has 0 radical (unpaired) electrons. The van der Waals surface area contributed by atoms with E-state index in [9.17, 15) is 0 Å². The molecule has 0 spiro atoms. The zero-order valence-electron chi connectivity index (χ0n) is 9.72. The molecule has 1 aliphatic heterocycles. The Kier molecular flexibility index (Phi) is 2.70. The zero-order valence-corrected chi connectivity index (χ0v) is 9.72. The van der Waals surface area contributed by atoms with Gasteiger partial charge < -0.3 is 19.2 Å². The predicted octanol–water partition coefficient (Wildman–Crippen LogP) is 1.00. The lowest BCUT2D eigenvalue weighted by Crippen LogP contribution is -2.35. The summed E-state index contributed by atoms with van der Waals surface area (Å²) in [5.74, 6) is 1.83. The topological polar surface area (TPSA) is 47.8 Å². The zero-order chi connectivity index (χ0) is 11.7. The molecule has 17 heavy (non-hydrogen) atoms. The monoisotopic (exact) mass is 233 g/mol. The Morgan fingerprint density at radius 3 is 3.29 bits per heavy atom. The van der Waals surface area contributed by atoms with Crippen LogP contribution in [-0.4, -0.2) is 36.3 Å². The van der Waals surface area contributed by atoms with E-state index in [2.05, 4.69) is 14.7 Å². The molecule has 2 aromatic rings. The number of methoxy groups -OCH3 is 1. The summed E-state index contributed by atoms with van der Waals surface area (Å²) in [4.78, 5) is 4.46. The summed E-state index contributed by atoms with van der Waals surface area (Å²) < 4.78 is 12.7. The van der Waals surface area contributed by atoms with Crippen LogP contribution in [0.15, 0.2) is 24.5 Å². The van der Waals surface area contributed by atoms with E-state index in [-0.39, 0.29) is 6.04 Å². The molecule has 1 fully saturated rings. The molecule has 0 aliphatic carbocycles. The van der Waals surface area contributed by atoms with Crippen molar-refractivity contribution >= 4 is 5.52 Å². The number of hydrogen-bond donors (Lipinski definition) is 1. The van der Waals surface area contributed by atoms with Crippen LogP contribution < -0.4 is 10.1 Å². The molecule has 5 nitrogen and oxygen atoms in total. The van der Waals surface area contributed by atoms with Gasteiger partial charge in [0.1, 0.15) is 11.6 Å². The second-order valence-electron chi connectivity index (χ2n) is 4.06. The molecule has 3 heterocycles. The molecule has 1 N–H and O–H groups in total. The van der Waals surface area contributed by atoms with Gasteiger partial charge in [-0.05, 0) is 6.07 Å². The molecule has 1 aliphatic rings. The lowest BCUT2D eigenvalue weighted by Gasteiger charge is -2.22. The fourth-order valence-electron chi connectivity index (χ4n) is 2.12. The molecule has 0 saturated carbocycles. The molecule has 0 aromatic carbocycles. The van der Waals surface area contributed by atoms with Crippen LogP contribution in [0.1, 0.15) is 11.9 Å². The molecule has 0 amide bonds. The highest BCUT2D eigenvalue weighted by molar-refractivity contribution is 5.50. The van der Waals surface area contributed by atoms with Crippen molar-refractivity contribution in [2.24, 2.45) is 0 Å². The molecule has 3 rings (SSSR count). The quantitative estimate of drug-likeness (QED) is 0.840. The van der Waals surface area contributed by atoms with Crippen molar-refractivity contribution in [3.8, 4) is 5.75 Å². The van der Waals surface area contributed by atoms with Gasteiger partial charge in [-0.25, -0.2) is 4.98 Å². The number of hydrogen-bond acceptors (Lipinski definition) is 4. The van der Waals surface area contributed by atoms with Crippen LogP contribution in [0.2, 0.25) is 0 Å². The summed E-state index contributed by atoms with van der Waals surface area (Å²) in [6, 6.07) is 4.07. The molecule has 90 valence electrons. The minimum absolute atomic E-state index is 0.166. The van der Waals surface area contributed by atoms with E-state index in [1.54, 1.807) is 7.11 Å². The molecule has 1 unspecified atom stereocenters. The Morgan fingerprint density at radius 2 is 2.53 bits per heavy atom. The number of pyridine rings is 1. The third kappa shape index (κ3) is 1.87. The number of imidazole rings is 1. The Balaban J connectivity index is 1.99. The van der Waals surface area contributed by atoms with E-state index in [1.165, 1.54) is 0 Å². The van der Waals surface area contributed by atoms with E-state index >= 15 is 0 Å². The number of nitrogens with zero attached hydrogens (tertiary/aromatic N) is 2. The van der Waals surface area contributed by atoms with Crippen molar-refractivity contribution in [1.29, 1.82) is 0 Å². The average molecular weight is 233 g/mol. The lowest BCUT2D eigenvalue weighted by molar-refractivity contribution is 0.0740. The number of morpholine rings is 1. The molecule has 5 heteroatoms. The van der Waals surface area contributed by atoms with E-state index in [0.717, 1.165) is 30.2 Å². The molecular weight excluding hydrogens is 218 g/mol. The SMILES string of the molecule is COc1ccn2c(C3COCCN3)ncc2c1. The van der Waals surface area contributed by atoms with Gasteiger partial charge in [0.25, 0.3) is 0 Å². The van der Waals surface area contributed by atoms with Crippen LogP contribution in [-0.2, 0) is 4.74 Å². The maximum absolute atomic E-state index is 5.46. The summed E-state index contributed by atoms with van der Waals surface area (Å²) in [7, 11) is 1.67. The number of aromatic nitrogens is 2. The summed E-state index contributed by atoms with van der Waals surface area (Å²) in [5.41, 5.74) is 1.03. The van der Waals surface area contributed by atoms with Crippen LogP contribution in [0.5, 0.6) is 5.75 Å². The Bertz CT molecular complexity index is 517. The highest BCUT2D eigenvalue weighted by atomic mass is 16.5. The number of rotatable bonds is 2. The summed E-state index contributed by atoms with van der Waals surface area (Å²) >= 11 is 0. The fourth-order valence-corrected chi connectivity index (χ4v) is 2.12. The van der Waals surface area contributed by atoms with Crippen molar-refractivity contribution in [2.45, 2.75) is 6.04 Å². The second-order valence-corrected chi connectivity index (χ2v) is 4.06. The Morgan fingerprint density at radius 1 is 1.59 bits per heavy atom. The van der Waals surface area contributed by atoms with Gasteiger partial charge in [-0.1, -0.05) is 0 Å². The van der Waals surface area contributed by atoms with Gasteiger partial charge in [0, 0.05) is 18.8 Å². The van der Waals surface area contributed by atoms with Gasteiger partial charge in [-0.2, -0.15) is 0 Å². The second kappa shape index (κ2) is 4.35. The van der Waals surface area contributed by atoms with Crippen LogP contribution >= 0.6 is 0 Å². The molecule has 2 aromatic heterocycles. The van der Waals surface area contributed by atoms with Crippen LogP contribution in [0, 0.1) is 0 Å². The van der Waals surface area contributed by atoms with Crippen molar-refractivity contribution < 1.29 is 9.47 Å². The minimum atomic E-state index is 0.166. The smallest absolute Gasteiger partial charge is 0.132 e. The van der Waals surface area contributed by atoms with E-state index < -0.39 is 0 Å². The first kappa shape index (κ1) is 10.6. The Hall–Kier alpha value is -1.59. The minimum Gasteiger partial charge on any atom is -0.497 e. The number of nitrogens with one attached hydrogen (secondary N) is 1. The maximum atomic E-state index is 5.46. The fraction of sp³-hybridized carbons (Fsp3) is 0.417. The van der Waals surface area contributed by atoms with Gasteiger partial charge in [-0.15, -0.1) is 0 Å². The van der Waals surface area contributed by atoms with Crippen LogP contribution in [0.4, 0.5) is 0 Å². The third-order valence-electron chi connectivity index (χ3n) is 3.00. The molecular formula is C12H15N3O2. The first-order valence-corrected chi connectivity index (χ1v) is 5.70. The highest BCUT2D eigenvalue weighted by Crippen LogP contribution is 2.20. The van der Waals surface area contributed by atoms with E-state index in [1.807, 2.05) is 24.5 Å². The van der Waals surface area contributed by atoms with Crippen LogP contribution in [0.25, 0.3) is 5.52 Å². The highest BCUT2D eigenvalue weighted by Gasteiger charge is 2.19. The standard InChI is InChI=1S/C12H15N3O2/c1-16-10-2-4-15-9(6-10)7-14-12(15)11-8-17-5-3-13-11/h2,4,6-7,11,13H,3,5,8H2,1H3. The van der Waals surface area contributed by atoms with Crippen molar-refractivity contribution in [3.05, 3.63) is 30.4 Å². The van der Waals surface area contributed by atoms with Crippen molar-refractivity contribution in [2.75, 3.05) is 26.9 Å². The van der Waals surface area contributed by atoms with Crippen molar-refractivity contribution in [3.63, 3.8) is 0 Å². The first-order chi connectivity index (χ1) is 8.38. The molecule has 1 saturated heterocycles. The van der Waals surface area contributed by atoms with Gasteiger partial charge >= 0.3 is 0 Å². The molecule has 0 bridgehead atoms. The third-order valence-corrected chi connectivity index (χ3v) is 3.00. The summed E-state index contributed by atoms with van der Waals surface area (Å²) in [6.45, 7) is 2.31. The van der Waals surface area contributed by atoms with Gasteiger partial charge in [-0.3, -0.25) is 0 Å². The Labute approximate surface area is 99.4 Å². The van der Waals surface area contributed by atoms with E-state index in [4.69, 9.17) is 9.47 Å². The van der Waals surface area contributed by atoms with Gasteiger partial charge in [0.05, 0.1) is 38.1 Å². The van der Waals surface area contributed by atoms with Gasteiger partial charge in [0.15, 0.2) is 0 Å². The summed E-state index contributed by atoms with van der Waals surface area (Å²) in [5, 5.41) is 3.40. The number of ether oxygens (including phenoxy) is 2. The number of fused-ring (bicyclic) bond motifs is 1. The largest absolute Gasteiger partial charge is 0.497 e. The average Bonchev–Trinajstić information content (AvgIpc) is 2.82. The lowest BCUT2D eigenvalue weighted by atomic mass is 10.2. The normalized spacial score (nSPS) is 20.6. The maximum Gasteiger partial charge on any atom is 0.132 e.